The van der Waals surface area contributed by atoms with Crippen LogP contribution in [0.2, 0.25) is 5.02 Å². The van der Waals surface area contributed by atoms with Gasteiger partial charge < -0.3 is 10.0 Å². The van der Waals surface area contributed by atoms with Gasteiger partial charge in [-0.15, -0.1) is 0 Å². The van der Waals surface area contributed by atoms with E-state index in [4.69, 9.17) is 16.7 Å². The zero-order valence-corrected chi connectivity index (χ0v) is 12.6. The molecule has 0 saturated carbocycles. The summed E-state index contributed by atoms with van der Waals surface area (Å²) in [5, 5.41) is 9.37. The SMILES string of the molecule is CC(C)CC(=O)N(CCC(=O)O)Cc1ccccc1Cl. The highest BCUT2D eigenvalue weighted by Crippen LogP contribution is 2.18. The van der Waals surface area contributed by atoms with Gasteiger partial charge in [0.05, 0.1) is 6.42 Å². The van der Waals surface area contributed by atoms with Gasteiger partial charge in [-0.2, -0.15) is 0 Å². The summed E-state index contributed by atoms with van der Waals surface area (Å²) in [6.07, 6.45) is 0.346. The first-order chi connectivity index (χ1) is 9.40. The second-order valence-electron chi connectivity index (χ2n) is 5.15. The minimum atomic E-state index is -0.911. The summed E-state index contributed by atoms with van der Waals surface area (Å²) in [6, 6.07) is 7.28. The van der Waals surface area contributed by atoms with E-state index in [1.54, 1.807) is 11.0 Å². The van der Waals surface area contributed by atoms with Gasteiger partial charge in [0.2, 0.25) is 5.91 Å². The molecule has 1 aromatic carbocycles. The number of carboxylic acid groups (broad SMARTS) is 1. The average molecular weight is 298 g/mol. The summed E-state index contributed by atoms with van der Waals surface area (Å²) in [7, 11) is 0. The highest BCUT2D eigenvalue weighted by atomic mass is 35.5. The zero-order valence-electron chi connectivity index (χ0n) is 11.8. The fraction of sp³-hybridized carbons (Fsp3) is 0.467. The Kier molecular flexibility index (Phi) is 6.52. The molecule has 20 heavy (non-hydrogen) atoms. The van der Waals surface area contributed by atoms with E-state index in [-0.39, 0.29) is 24.8 Å². The lowest BCUT2D eigenvalue weighted by molar-refractivity contribution is -0.138. The third-order valence-corrected chi connectivity index (χ3v) is 3.22. The van der Waals surface area contributed by atoms with Crippen molar-refractivity contribution < 1.29 is 14.7 Å². The molecule has 0 saturated heterocycles. The van der Waals surface area contributed by atoms with Crippen LogP contribution in [0.4, 0.5) is 0 Å². The molecule has 0 aliphatic rings. The van der Waals surface area contributed by atoms with Crippen molar-refractivity contribution in [2.24, 2.45) is 5.92 Å². The summed E-state index contributed by atoms with van der Waals surface area (Å²) in [4.78, 5) is 24.4. The Labute approximate surface area is 124 Å². The van der Waals surface area contributed by atoms with Crippen LogP contribution in [0.3, 0.4) is 0 Å². The average Bonchev–Trinajstić information content (AvgIpc) is 2.35. The highest BCUT2D eigenvalue weighted by Gasteiger charge is 2.17. The Balaban J connectivity index is 2.79. The number of rotatable bonds is 7. The standard InChI is InChI=1S/C15H20ClNO3/c1-11(2)9-14(18)17(8-7-15(19)20)10-12-5-3-4-6-13(12)16/h3-6,11H,7-10H2,1-2H3,(H,19,20). The van der Waals surface area contributed by atoms with Gasteiger partial charge in [-0.05, 0) is 17.5 Å². The van der Waals surface area contributed by atoms with E-state index < -0.39 is 5.97 Å². The molecule has 1 aromatic rings. The Morgan fingerprint density at radius 2 is 1.95 bits per heavy atom. The lowest BCUT2D eigenvalue weighted by Crippen LogP contribution is -2.33. The molecule has 5 heteroatoms. The van der Waals surface area contributed by atoms with Crippen molar-refractivity contribution in [2.75, 3.05) is 6.54 Å². The molecule has 110 valence electrons. The summed E-state index contributed by atoms with van der Waals surface area (Å²) >= 11 is 6.09. The van der Waals surface area contributed by atoms with Crippen LogP contribution in [0.5, 0.6) is 0 Å². The normalized spacial score (nSPS) is 10.6. The number of nitrogens with zero attached hydrogens (tertiary/aromatic N) is 1. The van der Waals surface area contributed by atoms with Crippen LogP contribution in [0, 0.1) is 5.92 Å². The van der Waals surface area contributed by atoms with Gasteiger partial charge in [0.15, 0.2) is 0 Å². The minimum Gasteiger partial charge on any atom is -0.481 e. The van der Waals surface area contributed by atoms with E-state index >= 15 is 0 Å². The molecule has 1 rings (SSSR count). The highest BCUT2D eigenvalue weighted by molar-refractivity contribution is 6.31. The molecule has 0 heterocycles. The molecule has 0 unspecified atom stereocenters. The van der Waals surface area contributed by atoms with Crippen LogP contribution >= 0.6 is 11.6 Å². The van der Waals surface area contributed by atoms with E-state index in [9.17, 15) is 9.59 Å². The number of aliphatic carboxylic acids is 1. The summed E-state index contributed by atoms with van der Waals surface area (Å²) in [6.45, 7) is 4.47. The van der Waals surface area contributed by atoms with Crippen LogP contribution < -0.4 is 0 Å². The molecule has 0 fully saturated rings. The molecule has 0 aromatic heterocycles. The van der Waals surface area contributed by atoms with E-state index in [1.165, 1.54) is 0 Å². The second kappa shape index (κ2) is 7.90. The van der Waals surface area contributed by atoms with Crippen LogP contribution in [0.1, 0.15) is 32.3 Å². The monoisotopic (exact) mass is 297 g/mol. The van der Waals surface area contributed by atoms with Gasteiger partial charge in [-0.1, -0.05) is 43.6 Å². The maximum Gasteiger partial charge on any atom is 0.305 e. The van der Waals surface area contributed by atoms with Crippen molar-refractivity contribution in [3.8, 4) is 0 Å². The number of amides is 1. The van der Waals surface area contributed by atoms with Crippen LogP contribution in [-0.2, 0) is 16.1 Å². The molecule has 0 aliphatic carbocycles. The third kappa shape index (κ3) is 5.61. The number of hydrogen-bond donors (Lipinski definition) is 1. The Morgan fingerprint density at radius 1 is 1.30 bits per heavy atom. The molecule has 0 spiro atoms. The fourth-order valence-electron chi connectivity index (χ4n) is 1.83. The van der Waals surface area contributed by atoms with Crippen molar-refractivity contribution in [3.63, 3.8) is 0 Å². The van der Waals surface area contributed by atoms with Gasteiger partial charge in [0.1, 0.15) is 0 Å². The van der Waals surface area contributed by atoms with E-state index in [0.29, 0.717) is 18.0 Å². The maximum absolute atomic E-state index is 12.2. The van der Waals surface area contributed by atoms with Gasteiger partial charge >= 0.3 is 5.97 Å². The first kappa shape index (κ1) is 16.5. The first-order valence-corrected chi connectivity index (χ1v) is 7.01. The molecular weight excluding hydrogens is 278 g/mol. The molecule has 0 aliphatic heterocycles. The Bertz CT molecular complexity index is 474. The zero-order chi connectivity index (χ0) is 15.1. The molecular formula is C15H20ClNO3. The van der Waals surface area contributed by atoms with Gasteiger partial charge in [-0.25, -0.2) is 0 Å². The predicted molar refractivity (Wildman–Crippen MR) is 78.6 cm³/mol. The maximum atomic E-state index is 12.2. The van der Waals surface area contributed by atoms with Crippen LogP contribution in [-0.4, -0.2) is 28.4 Å². The minimum absolute atomic E-state index is 0.0406. The van der Waals surface area contributed by atoms with Crippen molar-refractivity contribution >= 4 is 23.5 Å². The van der Waals surface area contributed by atoms with Crippen molar-refractivity contribution in [1.82, 2.24) is 4.90 Å². The molecule has 0 atom stereocenters. The Hall–Kier alpha value is -1.55. The van der Waals surface area contributed by atoms with E-state index in [2.05, 4.69) is 0 Å². The third-order valence-electron chi connectivity index (χ3n) is 2.85. The second-order valence-corrected chi connectivity index (χ2v) is 5.56. The van der Waals surface area contributed by atoms with Crippen molar-refractivity contribution in [1.29, 1.82) is 0 Å². The van der Waals surface area contributed by atoms with E-state index in [1.807, 2.05) is 32.0 Å². The first-order valence-electron chi connectivity index (χ1n) is 6.63. The van der Waals surface area contributed by atoms with Gasteiger partial charge in [-0.3, -0.25) is 9.59 Å². The molecule has 1 amide bonds. The summed E-state index contributed by atoms with van der Waals surface area (Å²) in [5.74, 6) is -0.714. The number of hydrogen-bond acceptors (Lipinski definition) is 2. The van der Waals surface area contributed by atoms with Crippen molar-refractivity contribution in [2.45, 2.75) is 33.2 Å². The molecule has 4 nitrogen and oxygen atoms in total. The smallest absolute Gasteiger partial charge is 0.305 e. The van der Waals surface area contributed by atoms with Crippen LogP contribution in [0.15, 0.2) is 24.3 Å². The predicted octanol–water partition coefficient (Wildman–Crippen LogP) is 3.19. The summed E-state index contributed by atoms with van der Waals surface area (Å²) in [5.41, 5.74) is 0.830. The topological polar surface area (TPSA) is 57.6 Å². The van der Waals surface area contributed by atoms with Gasteiger partial charge in [0.25, 0.3) is 0 Å². The van der Waals surface area contributed by atoms with E-state index in [0.717, 1.165) is 5.56 Å². The number of benzene rings is 1. The van der Waals surface area contributed by atoms with Crippen molar-refractivity contribution in [3.05, 3.63) is 34.9 Å². The number of carbonyl (C=O) groups is 2. The van der Waals surface area contributed by atoms with Crippen LogP contribution in [0.25, 0.3) is 0 Å². The number of carbonyl (C=O) groups excluding carboxylic acids is 1. The molecule has 1 N–H and O–H groups in total. The van der Waals surface area contributed by atoms with Gasteiger partial charge in [0, 0.05) is 24.5 Å². The number of carboxylic acids is 1. The molecule has 0 radical (unpaired) electrons. The Morgan fingerprint density at radius 3 is 2.50 bits per heavy atom. The molecule has 0 bridgehead atoms. The lowest BCUT2D eigenvalue weighted by atomic mass is 10.1. The number of halogens is 1. The quantitative estimate of drug-likeness (QED) is 0.841. The summed E-state index contributed by atoms with van der Waals surface area (Å²) < 4.78 is 0. The largest absolute Gasteiger partial charge is 0.481 e. The lowest BCUT2D eigenvalue weighted by Gasteiger charge is -2.23. The fourth-order valence-corrected chi connectivity index (χ4v) is 2.03.